The van der Waals surface area contributed by atoms with Crippen molar-refractivity contribution in [1.82, 2.24) is 4.90 Å². The first-order valence-corrected chi connectivity index (χ1v) is 5.41. The molecule has 0 aliphatic heterocycles. The molecule has 15 heavy (non-hydrogen) atoms. The minimum atomic E-state index is -0.502. The summed E-state index contributed by atoms with van der Waals surface area (Å²) in [6.45, 7) is 4.61. The molecular weight excluding hydrogens is 190 g/mol. The predicted molar refractivity (Wildman–Crippen MR) is 57.8 cm³/mol. The Morgan fingerprint density at radius 2 is 2.20 bits per heavy atom. The highest BCUT2D eigenvalue weighted by Gasteiger charge is 2.38. The van der Waals surface area contributed by atoms with Crippen molar-refractivity contribution in [3.8, 4) is 6.07 Å². The monoisotopic (exact) mass is 209 g/mol. The normalized spacial score (nSPS) is 15.9. The van der Waals surface area contributed by atoms with Crippen molar-refractivity contribution in [2.24, 2.45) is 11.1 Å². The molecule has 1 saturated carbocycles. The lowest BCUT2D eigenvalue weighted by atomic mass is 9.91. The van der Waals surface area contributed by atoms with Crippen molar-refractivity contribution in [3.05, 3.63) is 0 Å². The lowest BCUT2D eigenvalue weighted by Gasteiger charge is -2.30. The second-order valence-electron chi connectivity index (χ2n) is 4.73. The van der Waals surface area contributed by atoms with Gasteiger partial charge < -0.3 is 10.6 Å². The third kappa shape index (κ3) is 2.93. The molecule has 0 bridgehead atoms. The summed E-state index contributed by atoms with van der Waals surface area (Å²) in [7, 11) is 0. The van der Waals surface area contributed by atoms with Crippen LogP contribution in [0.1, 0.15) is 33.1 Å². The van der Waals surface area contributed by atoms with Gasteiger partial charge in [-0.3, -0.25) is 4.79 Å². The molecular formula is C11H19N3O. The SMILES string of the molecule is CC(C)(CN)C(=O)N(CCC#N)C1CC1. The van der Waals surface area contributed by atoms with Crippen LogP contribution < -0.4 is 5.73 Å². The van der Waals surface area contributed by atoms with Gasteiger partial charge in [0.25, 0.3) is 0 Å². The molecule has 0 aromatic heterocycles. The quantitative estimate of drug-likeness (QED) is 0.730. The minimum Gasteiger partial charge on any atom is -0.338 e. The minimum absolute atomic E-state index is 0.0859. The van der Waals surface area contributed by atoms with Crippen LogP contribution in [0.3, 0.4) is 0 Å². The van der Waals surface area contributed by atoms with Crippen LogP contribution in [-0.2, 0) is 4.79 Å². The van der Waals surface area contributed by atoms with E-state index in [1.807, 2.05) is 18.7 Å². The van der Waals surface area contributed by atoms with Crippen LogP contribution >= 0.6 is 0 Å². The Morgan fingerprint density at radius 3 is 2.60 bits per heavy atom. The fourth-order valence-electron chi connectivity index (χ4n) is 1.48. The van der Waals surface area contributed by atoms with Gasteiger partial charge in [-0.05, 0) is 26.7 Å². The van der Waals surface area contributed by atoms with Crippen LogP contribution in [-0.4, -0.2) is 29.9 Å². The van der Waals surface area contributed by atoms with Crippen LogP contribution in [0.2, 0.25) is 0 Å². The Morgan fingerprint density at radius 1 is 1.60 bits per heavy atom. The average Bonchev–Trinajstić information content (AvgIpc) is 3.02. The molecule has 1 rings (SSSR count). The largest absolute Gasteiger partial charge is 0.338 e. The maximum absolute atomic E-state index is 12.1. The van der Waals surface area contributed by atoms with E-state index in [0.717, 1.165) is 12.8 Å². The van der Waals surface area contributed by atoms with E-state index >= 15 is 0 Å². The summed E-state index contributed by atoms with van der Waals surface area (Å²) in [5.74, 6) is 0.0859. The van der Waals surface area contributed by atoms with Crippen LogP contribution in [0.4, 0.5) is 0 Å². The van der Waals surface area contributed by atoms with Gasteiger partial charge in [-0.25, -0.2) is 0 Å². The van der Waals surface area contributed by atoms with E-state index in [9.17, 15) is 4.79 Å². The fourth-order valence-corrected chi connectivity index (χ4v) is 1.48. The average molecular weight is 209 g/mol. The summed E-state index contributed by atoms with van der Waals surface area (Å²) in [6, 6.07) is 2.44. The second-order valence-corrected chi connectivity index (χ2v) is 4.73. The van der Waals surface area contributed by atoms with Gasteiger partial charge in [0.2, 0.25) is 5.91 Å². The number of hydrogen-bond donors (Lipinski definition) is 1. The van der Waals surface area contributed by atoms with Crippen LogP contribution in [0.15, 0.2) is 0 Å². The van der Waals surface area contributed by atoms with Crippen LogP contribution in [0.25, 0.3) is 0 Å². The van der Waals surface area contributed by atoms with Gasteiger partial charge in [0, 0.05) is 19.1 Å². The Kier molecular flexibility index (Phi) is 3.70. The molecule has 0 spiro atoms. The van der Waals surface area contributed by atoms with Crippen molar-refractivity contribution in [2.45, 2.75) is 39.2 Å². The second kappa shape index (κ2) is 4.63. The Labute approximate surface area is 91.0 Å². The van der Waals surface area contributed by atoms with E-state index in [2.05, 4.69) is 6.07 Å². The van der Waals surface area contributed by atoms with Crippen molar-refractivity contribution < 1.29 is 4.79 Å². The van der Waals surface area contributed by atoms with Crippen molar-refractivity contribution in [2.75, 3.05) is 13.1 Å². The van der Waals surface area contributed by atoms with Gasteiger partial charge in [-0.1, -0.05) is 0 Å². The number of carbonyl (C=O) groups excluding carboxylic acids is 1. The molecule has 0 radical (unpaired) electrons. The van der Waals surface area contributed by atoms with Crippen molar-refractivity contribution in [3.63, 3.8) is 0 Å². The highest BCUT2D eigenvalue weighted by Crippen LogP contribution is 2.30. The smallest absolute Gasteiger partial charge is 0.229 e. The number of amides is 1. The maximum atomic E-state index is 12.1. The van der Waals surface area contributed by atoms with Gasteiger partial charge in [0.1, 0.15) is 0 Å². The zero-order chi connectivity index (χ0) is 11.5. The molecule has 0 aromatic rings. The molecule has 0 saturated heterocycles. The van der Waals surface area contributed by atoms with E-state index < -0.39 is 5.41 Å². The molecule has 84 valence electrons. The molecule has 1 aliphatic carbocycles. The highest BCUT2D eigenvalue weighted by molar-refractivity contribution is 5.82. The molecule has 4 nitrogen and oxygen atoms in total. The Balaban J connectivity index is 2.63. The van der Waals surface area contributed by atoms with Gasteiger partial charge in [0.15, 0.2) is 0 Å². The third-order valence-corrected chi connectivity index (χ3v) is 2.80. The Hall–Kier alpha value is -1.08. The highest BCUT2D eigenvalue weighted by atomic mass is 16.2. The van der Waals surface area contributed by atoms with Gasteiger partial charge in [-0.2, -0.15) is 5.26 Å². The van der Waals surface area contributed by atoms with E-state index in [-0.39, 0.29) is 5.91 Å². The van der Waals surface area contributed by atoms with Crippen molar-refractivity contribution in [1.29, 1.82) is 5.26 Å². The predicted octanol–water partition coefficient (Wildman–Crippen LogP) is 0.876. The zero-order valence-corrected chi connectivity index (χ0v) is 9.49. The number of nitrogens with zero attached hydrogens (tertiary/aromatic N) is 2. The summed E-state index contributed by atoms with van der Waals surface area (Å²) in [5.41, 5.74) is 5.08. The summed E-state index contributed by atoms with van der Waals surface area (Å²) in [5, 5.41) is 8.55. The van der Waals surface area contributed by atoms with Crippen LogP contribution in [0, 0.1) is 16.7 Å². The maximum Gasteiger partial charge on any atom is 0.229 e. The molecule has 0 atom stereocenters. The number of nitrogens with two attached hydrogens (primary N) is 1. The van der Waals surface area contributed by atoms with E-state index in [4.69, 9.17) is 11.0 Å². The number of nitriles is 1. The summed E-state index contributed by atoms with van der Waals surface area (Å²) in [4.78, 5) is 13.9. The Bertz CT molecular complexity index is 276. The molecule has 0 unspecified atom stereocenters. The topological polar surface area (TPSA) is 70.1 Å². The summed E-state index contributed by atoms with van der Waals surface area (Å²) in [6.07, 6.45) is 2.54. The molecule has 0 aromatic carbocycles. The molecule has 4 heteroatoms. The molecule has 2 N–H and O–H groups in total. The first-order chi connectivity index (χ1) is 7.03. The standard InChI is InChI=1S/C11H19N3O/c1-11(2,8-13)10(15)14(7-3-6-12)9-4-5-9/h9H,3-5,7-8,13H2,1-2H3. The molecule has 1 aliphatic rings. The lowest BCUT2D eigenvalue weighted by molar-refractivity contribution is -0.140. The molecule has 1 fully saturated rings. The number of hydrogen-bond acceptors (Lipinski definition) is 3. The van der Waals surface area contributed by atoms with E-state index in [1.165, 1.54) is 0 Å². The van der Waals surface area contributed by atoms with Gasteiger partial charge in [0.05, 0.1) is 17.9 Å². The number of carbonyl (C=O) groups is 1. The number of rotatable bonds is 5. The summed E-state index contributed by atoms with van der Waals surface area (Å²) >= 11 is 0. The molecule has 0 heterocycles. The third-order valence-electron chi connectivity index (χ3n) is 2.80. The van der Waals surface area contributed by atoms with E-state index in [0.29, 0.717) is 25.6 Å². The van der Waals surface area contributed by atoms with Crippen LogP contribution in [0.5, 0.6) is 0 Å². The zero-order valence-electron chi connectivity index (χ0n) is 9.49. The van der Waals surface area contributed by atoms with Crippen molar-refractivity contribution >= 4 is 5.91 Å². The van der Waals surface area contributed by atoms with Gasteiger partial charge in [-0.15, -0.1) is 0 Å². The fraction of sp³-hybridized carbons (Fsp3) is 0.818. The first kappa shape index (κ1) is 12.0. The molecule has 1 amide bonds. The lowest BCUT2D eigenvalue weighted by Crippen LogP contribution is -2.46. The van der Waals surface area contributed by atoms with E-state index in [1.54, 1.807) is 0 Å². The summed E-state index contributed by atoms with van der Waals surface area (Å²) < 4.78 is 0. The van der Waals surface area contributed by atoms with Gasteiger partial charge >= 0.3 is 0 Å². The first-order valence-electron chi connectivity index (χ1n) is 5.41.